The average molecular weight is 220 g/mol. The number of carbonyl (C=O) groups is 1. The van der Waals surface area contributed by atoms with Crippen molar-refractivity contribution in [3.63, 3.8) is 0 Å². The Hall–Kier alpha value is -0.410. The van der Waals surface area contributed by atoms with Gasteiger partial charge in [0, 0.05) is 7.11 Å². The van der Waals surface area contributed by atoms with Crippen LogP contribution >= 0.6 is 0 Å². The van der Waals surface area contributed by atoms with E-state index >= 15 is 0 Å². The third kappa shape index (κ3) is 16.3. The molecule has 0 aromatic heterocycles. The van der Waals surface area contributed by atoms with Gasteiger partial charge >= 0.3 is 0 Å². The summed E-state index contributed by atoms with van der Waals surface area (Å²) in [5, 5.41) is 14.5. The molecular weight excluding hydrogens is 192 g/mol. The molecule has 94 valence electrons. The second-order valence-electron chi connectivity index (χ2n) is 3.26. The van der Waals surface area contributed by atoms with Crippen LogP contribution in [-0.4, -0.2) is 30.2 Å². The minimum absolute atomic E-state index is 0. The van der Waals surface area contributed by atoms with Gasteiger partial charge in [0.2, 0.25) is 0 Å². The summed E-state index contributed by atoms with van der Waals surface area (Å²) in [7, 11) is 1.00. The van der Waals surface area contributed by atoms with E-state index in [0.29, 0.717) is 6.29 Å². The van der Waals surface area contributed by atoms with Crippen LogP contribution in [0.5, 0.6) is 0 Å². The molecule has 2 N–H and O–H groups in total. The summed E-state index contributed by atoms with van der Waals surface area (Å²) in [6, 6.07) is 0. The molecule has 3 heteroatoms. The van der Waals surface area contributed by atoms with Crippen LogP contribution in [0.4, 0.5) is 0 Å². The first-order valence-electron chi connectivity index (χ1n) is 5.34. The number of hydrogen-bond donors (Lipinski definition) is 2. The summed E-state index contributed by atoms with van der Waals surface area (Å²) in [5.74, 6) is 1.09. The van der Waals surface area contributed by atoms with Gasteiger partial charge in [-0.25, -0.2) is 0 Å². The summed E-state index contributed by atoms with van der Waals surface area (Å²) in [6.45, 7) is 1.95. The molecule has 0 saturated heterocycles. The van der Waals surface area contributed by atoms with E-state index in [9.17, 15) is 0 Å². The summed E-state index contributed by atoms with van der Waals surface area (Å²) < 4.78 is 0. The van der Waals surface area contributed by atoms with Gasteiger partial charge in [-0.3, -0.25) is 0 Å². The molecule has 3 nitrogen and oxygen atoms in total. The van der Waals surface area contributed by atoms with Gasteiger partial charge in [-0.1, -0.05) is 52.9 Å². The topological polar surface area (TPSA) is 57.5 Å². The van der Waals surface area contributed by atoms with Crippen LogP contribution in [0.15, 0.2) is 0 Å². The summed E-state index contributed by atoms with van der Waals surface area (Å²) in [5.41, 5.74) is 0. The number of aliphatic hydroxyl groups is 2. The monoisotopic (exact) mass is 220 g/mol. The van der Waals surface area contributed by atoms with Crippen molar-refractivity contribution in [2.75, 3.05) is 13.7 Å². The van der Waals surface area contributed by atoms with Crippen LogP contribution < -0.4 is 0 Å². The van der Waals surface area contributed by atoms with Crippen molar-refractivity contribution in [1.29, 1.82) is 0 Å². The lowest BCUT2D eigenvalue weighted by atomic mass is 9.88. The maximum atomic E-state index is 8.92. The minimum Gasteiger partial charge on any atom is -0.400 e. The molecule has 1 aliphatic rings. The zero-order chi connectivity index (χ0) is 11.2. The van der Waals surface area contributed by atoms with Crippen molar-refractivity contribution >= 4 is 6.29 Å². The van der Waals surface area contributed by atoms with Gasteiger partial charge in [-0.15, -0.1) is 0 Å². The highest BCUT2D eigenvalue weighted by Gasteiger charge is 2.09. The molecule has 0 heterocycles. The molecule has 0 aliphatic heterocycles. The van der Waals surface area contributed by atoms with Crippen molar-refractivity contribution < 1.29 is 15.0 Å². The van der Waals surface area contributed by atoms with Gasteiger partial charge in [0.25, 0.3) is 0 Å². The van der Waals surface area contributed by atoms with Crippen LogP contribution in [0.2, 0.25) is 0 Å². The van der Waals surface area contributed by atoms with Gasteiger partial charge in [-0.05, 0) is 5.92 Å². The number of carbonyl (C=O) groups excluding carboxylic acids is 1. The highest BCUT2D eigenvalue weighted by Crippen LogP contribution is 2.25. The van der Waals surface area contributed by atoms with Gasteiger partial charge in [0.15, 0.2) is 0 Å². The molecule has 0 aromatic rings. The molecule has 15 heavy (non-hydrogen) atoms. The fourth-order valence-electron chi connectivity index (χ4n) is 1.60. The summed E-state index contributed by atoms with van der Waals surface area (Å²) in [4.78, 5) is 8.92. The Morgan fingerprint density at radius 3 is 1.80 bits per heavy atom. The van der Waals surface area contributed by atoms with Crippen molar-refractivity contribution in [3.8, 4) is 0 Å². The van der Waals surface area contributed by atoms with Crippen LogP contribution in [0, 0.1) is 5.92 Å². The minimum atomic E-state index is -0.361. The van der Waals surface area contributed by atoms with E-state index < -0.39 is 0 Å². The molecule has 0 radical (unpaired) electrons. The maximum absolute atomic E-state index is 8.92. The second-order valence-corrected chi connectivity index (χ2v) is 3.26. The van der Waals surface area contributed by atoms with E-state index in [1.54, 1.807) is 0 Å². The highest BCUT2D eigenvalue weighted by atomic mass is 16.3. The first kappa shape index (κ1) is 20.1. The highest BCUT2D eigenvalue weighted by molar-refractivity contribution is 5.49. The Morgan fingerprint density at radius 1 is 1.20 bits per heavy atom. The second kappa shape index (κ2) is 19.2. The van der Waals surface area contributed by atoms with E-state index in [-0.39, 0.29) is 14.0 Å². The van der Waals surface area contributed by atoms with Crippen LogP contribution in [0.3, 0.4) is 0 Å². The SMILES string of the molecule is C.CCC1CCCCC1.CO.O=CCO. The van der Waals surface area contributed by atoms with Crippen molar-refractivity contribution in [2.45, 2.75) is 52.9 Å². The Kier molecular flexibility index (Phi) is 25.7. The Balaban J connectivity index is -0.000000179. The van der Waals surface area contributed by atoms with Crippen LogP contribution in [0.1, 0.15) is 52.9 Å². The van der Waals surface area contributed by atoms with Gasteiger partial charge in [-0.2, -0.15) is 0 Å². The normalized spacial score (nSPS) is 14.7. The Bertz CT molecular complexity index is 99.0. The molecule has 0 unspecified atom stereocenters. The van der Waals surface area contributed by atoms with E-state index in [1.807, 2.05) is 0 Å². The predicted octanol–water partition coefficient (Wildman–Crippen LogP) is 2.40. The van der Waals surface area contributed by atoms with E-state index in [2.05, 4.69) is 6.92 Å². The third-order valence-electron chi connectivity index (χ3n) is 2.38. The zero-order valence-electron chi connectivity index (χ0n) is 9.41. The molecule has 0 spiro atoms. The molecule has 0 aromatic carbocycles. The van der Waals surface area contributed by atoms with Gasteiger partial charge < -0.3 is 15.0 Å². The lowest BCUT2D eigenvalue weighted by Crippen LogP contribution is -2.03. The van der Waals surface area contributed by atoms with Crippen LogP contribution in [0.25, 0.3) is 0 Å². The van der Waals surface area contributed by atoms with Crippen molar-refractivity contribution in [1.82, 2.24) is 0 Å². The van der Waals surface area contributed by atoms with Gasteiger partial charge in [0.1, 0.15) is 6.29 Å². The van der Waals surface area contributed by atoms with Gasteiger partial charge in [0.05, 0.1) is 6.61 Å². The van der Waals surface area contributed by atoms with Crippen LogP contribution in [-0.2, 0) is 4.79 Å². The third-order valence-corrected chi connectivity index (χ3v) is 2.38. The lowest BCUT2D eigenvalue weighted by molar-refractivity contribution is -0.110. The zero-order valence-corrected chi connectivity index (χ0v) is 9.41. The Morgan fingerprint density at radius 2 is 1.60 bits per heavy atom. The van der Waals surface area contributed by atoms with E-state index in [0.717, 1.165) is 13.0 Å². The molecule has 1 fully saturated rings. The van der Waals surface area contributed by atoms with E-state index in [4.69, 9.17) is 15.0 Å². The molecule has 0 bridgehead atoms. The molecule has 0 amide bonds. The first-order chi connectivity index (χ1) is 6.85. The van der Waals surface area contributed by atoms with Crippen molar-refractivity contribution in [2.24, 2.45) is 5.92 Å². The fraction of sp³-hybridized carbons (Fsp3) is 0.917. The maximum Gasteiger partial charge on any atom is 0.145 e. The van der Waals surface area contributed by atoms with Crippen molar-refractivity contribution in [3.05, 3.63) is 0 Å². The number of aldehydes is 1. The largest absolute Gasteiger partial charge is 0.400 e. The summed E-state index contributed by atoms with van der Waals surface area (Å²) >= 11 is 0. The standard InChI is InChI=1S/C8H16.C2H4O2.CH4O.CH4/c1-2-8-6-4-3-5-7-8;3-1-2-4;1-2;/h8H,2-7H2,1H3;1,4H,2H2;2H,1H3;1H4. The summed E-state index contributed by atoms with van der Waals surface area (Å²) in [6.07, 6.45) is 9.36. The number of rotatable bonds is 2. The first-order valence-corrected chi connectivity index (χ1v) is 5.34. The number of hydrogen-bond acceptors (Lipinski definition) is 3. The quantitative estimate of drug-likeness (QED) is 0.703. The molecule has 1 rings (SSSR count). The lowest BCUT2D eigenvalue weighted by Gasteiger charge is -2.18. The van der Waals surface area contributed by atoms with E-state index in [1.165, 1.54) is 38.5 Å². The predicted molar refractivity (Wildman–Crippen MR) is 64.9 cm³/mol. The number of aliphatic hydroxyl groups excluding tert-OH is 2. The molecular formula is C12H28O3. The Labute approximate surface area is 94.5 Å². The molecule has 1 aliphatic carbocycles. The smallest absolute Gasteiger partial charge is 0.145 e. The molecule has 1 saturated carbocycles. The molecule has 0 atom stereocenters. The average Bonchev–Trinajstić information content (AvgIpc) is 2.33. The fourth-order valence-corrected chi connectivity index (χ4v) is 1.60.